The third-order valence-corrected chi connectivity index (χ3v) is 21.2. The molecular weight excluding hydrogens is 917 g/mol. The second kappa shape index (κ2) is 18.2. The first-order valence-electron chi connectivity index (χ1n) is 24.0. The minimum Gasteiger partial charge on any atom is -0.276 e. The van der Waals surface area contributed by atoms with E-state index in [0.717, 1.165) is 33.2 Å². The van der Waals surface area contributed by atoms with E-state index in [0.29, 0.717) is 23.4 Å². The highest BCUT2D eigenvalue weighted by Gasteiger charge is 2.35. The molecule has 8 heteroatoms. The third-order valence-electron chi connectivity index (χ3n) is 13.4. The number of para-hydroxylation sites is 2. The van der Waals surface area contributed by atoms with Gasteiger partial charge < -0.3 is 0 Å². The molecule has 13 rings (SSSR count). The first-order valence-corrected chi connectivity index (χ1v) is 27.3. The number of rotatable bonds is 11. The number of hydrogen-bond acceptors (Lipinski definition) is 4. The number of nitrogens with zero attached hydrogens (tertiary/aromatic N) is 6. The molecule has 0 saturated carbocycles. The molecule has 0 aliphatic heterocycles. The Balaban J connectivity index is 1.05. The minimum absolute atomic E-state index is 0.483. The molecule has 3 heterocycles. The van der Waals surface area contributed by atoms with Gasteiger partial charge in [0, 0.05) is 50.3 Å². The van der Waals surface area contributed by atoms with Gasteiger partial charge >= 0.3 is 0 Å². The Hall–Kier alpha value is -8.82. The molecule has 0 bridgehead atoms. The first-order chi connectivity index (χ1) is 35.7. The summed E-state index contributed by atoms with van der Waals surface area (Å²) in [5, 5.41) is 0. The Kier molecular flexibility index (Phi) is 10.9. The molecular formula is C64H46N6S2. The van der Waals surface area contributed by atoms with Gasteiger partial charge in [-0.2, -0.15) is 9.97 Å². The highest BCUT2D eigenvalue weighted by atomic mass is 32.3. The third kappa shape index (κ3) is 7.06. The maximum atomic E-state index is 5.46. The molecule has 0 N–H and O–H groups in total. The van der Waals surface area contributed by atoms with Gasteiger partial charge in [0.2, 0.25) is 11.7 Å². The van der Waals surface area contributed by atoms with Gasteiger partial charge in [-0.1, -0.05) is 164 Å². The molecule has 0 fully saturated rings. The van der Waals surface area contributed by atoms with E-state index in [1.54, 1.807) is 0 Å². The standard InChI is InChI=1S/C64H46N6S2/c1-8-25-47(26-9-1)61-66-62(48-27-24-40-55(45-48)71(49-28-10-2-11-29-49,50-30-12-3-13-31-50)51-32-14-4-15-33-51)68-63(67-61)70-59-42-23-22-41-58(59)69-60-46-56(43-44-57(60)65-64(69)70)72(52-34-16-5-17-35-52,53-36-18-6-19-37-53)54-38-20-7-21-39-54/h1-46H. The van der Waals surface area contributed by atoms with E-state index < -0.39 is 20.1 Å². The number of aromatic nitrogens is 6. The summed E-state index contributed by atoms with van der Waals surface area (Å²) in [6, 6.07) is 100. The fraction of sp³-hybridized carbons (Fsp3) is 0. The molecule has 6 nitrogen and oxygen atoms in total. The van der Waals surface area contributed by atoms with Crippen LogP contribution in [0.4, 0.5) is 0 Å². The summed E-state index contributed by atoms with van der Waals surface area (Å²) < 4.78 is 4.39. The normalized spacial score (nSPS) is 12.3. The molecule has 3 aromatic heterocycles. The van der Waals surface area contributed by atoms with Crippen LogP contribution in [0, 0.1) is 0 Å². The predicted molar refractivity (Wildman–Crippen MR) is 294 cm³/mol. The SMILES string of the molecule is c1ccc(-c2nc(-c3cccc(S(c4ccccc4)(c4ccccc4)c4ccccc4)c3)nc(-n3c4ccccc4n4c5cc(S(c6ccccc6)(c6ccccc6)c6ccccc6)ccc5nc34)n2)cc1. The second-order valence-corrected chi connectivity index (χ2v) is 23.7. The van der Waals surface area contributed by atoms with Crippen molar-refractivity contribution in [2.24, 2.45) is 0 Å². The van der Waals surface area contributed by atoms with Crippen molar-refractivity contribution in [3.05, 3.63) is 279 Å². The van der Waals surface area contributed by atoms with Crippen LogP contribution in [-0.4, -0.2) is 28.9 Å². The summed E-state index contributed by atoms with van der Waals surface area (Å²) in [5.74, 6) is 2.34. The van der Waals surface area contributed by atoms with Gasteiger partial charge in [-0.25, -0.2) is 14.5 Å². The van der Waals surface area contributed by atoms with Crippen LogP contribution in [0.1, 0.15) is 0 Å². The molecule has 0 radical (unpaired) electrons. The van der Waals surface area contributed by atoms with Gasteiger partial charge in [-0.15, -0.1) is 20.1 Å². The number of benzene rings is 10. The fourth-order valence-corrected chi connectivity index (χ4v) is 18.1. The van der Waals surface area contributed by atoms with E-state index in [2.05, 4.69) is 270 Å². The van der Waals surface area contributed by atoms with Crippen LogP contribution >= 0.6 is 20.1 Å². The highest BCUT2D eigenvalue weighted by Crippen LogP contribution is 2.74. The molecule has 344 valence electrons. The van der Waals surface area contributed by atoms with E-state index in [9.17, 15) is 0 Å². The Morgan fingerprint density at radius 2 is 0.639 bits per heavy atom. The smallest absolute Gasteiger partial charge is 0.241 e. The zero-order valence-corrected chi connectivity index (χ0v) is 40.7. The van der Waals surface area contributed by atoms with Crippen LogP contribution in [0.2, 0.25) is 0 Å². The van der Waals surface area contributed by atoms with Gasteiger partial charge in [0.15, 0.2) is 11.6 Å². The Morgan fingerprint density at radius 3 is 1.11 bits per heavy atom. The van der Waals surface area contributed by atoms with Gasteiger partial charge in [0.05, 0.1) is 22.1 Å². The summed E-state index contributed by atoms with van der Waals surface area (Å²) >= 11 is 0. The molecule has 0 saturated heterocycles. The van der Waals surface area contributed by atoms with Crippen LogP contribution in [0.5, 0.6) is 0 Å². The summed E-state index contributed by atoms with van der Waals surface area (Å²) in [6.07, 6.45) is 0. The molecule has 0 atom stereocenters. The minimum atomic E-state index is -1.99. The van der Waals surface area contributed by atoms with Crippen molar-refractivity contribution in [2.45, 2.75) is 39.2 Å². The summed E-state index contributed by atoms with van der Waals surface area (Å²) in [5.41, 5.74) is 5.60. The Morgan fingerprint density at radius 1 is 0.264 bits per heavy atom. The molecule has 72 heavy (non-hydrogen) atoms. The molecule has 0 spiro atoms. The van der Waals surface area contributed by atoms with Crippen molar-refractivity contribution in [1.29, 1.82) is 0 Å². The van der Waals surface area contributed by atoms with Crippen LogP contribution in [0.25, 0.3) is 56.6 Å². The summed E-state index contributed by atoms with van der Waals surface area (Å²) in [6.45, 7) is 0. The number of hydrogen-bond donors (Lipinski definition) is 0. The maximum absolute atomic E-state index is 5.46. The lowest BCUT2D eigenvalue weighted by Crippen LogP contribution is -2.08. The number of imidazole rings is 2. The summed E-state index contributed by atoms with van der Waals surface area (Å²) in [4.78, 5) is 31.4. The van der Waals surface area contributed by atoms with Crippen LogP contribution in [0.3, 0.4) is 0 Å². The monoisotopic (exact) mass is 962 g/mol. The predicted octanol–water partition coefficient (Wildman–Crippen LogP) is 16.6. The van der Waals surface area contributed by atoms with Gasteiger partial charge in [-0.05, 0) is 115 Å². The average Bonchev–Trinajstić information content (AvgIpc) is 4.00. The van der Waals surface area contributed by atoms with E-state index in [1.165, 1.54) is 39.2 Å². The van der Waals surface area contributed by atoms with Crippen molar-refractivity contribution in [3.63, 3.8) is 0 Å². The van der Waals surface area contributed by atoms with Crippen molar-refractivity contribution >= 4 is 47.9 Å². The number of fused-ring (bicyclic) bond motifs is 5. The van der Waals surface area contributed by atoms with Crippen molar-refractivity contribution in [2.75, 3.05) is 0 Å². The lowest BCUT2D eigenvalue weighted by molar-refractivity contribution is 0.937. The topological polar surface area (TPSA) is 60.9 Å². The first kappa shape index (κ1) is 43.2. The quantitative estimate of drug-likeness (QED) is 0.130. The van der Waals surface area contributed by atoms with Crippen molar-refractivity contribution in [3.8, 4) is 28.7 Å². The van der Waals surface area contributed by atoms with Gasteiger partial charge in [0.25, 0.3) is 0 Å². The maximum Gasteiger partial charge on any atom is 0.241 e. The molecule has 0 unspecified atom stereocenters. The lowest BCUT2D eigenvalue weighted by atomic mass is 10.2. The van der Waals surface area contributed by atoms with Gasteiger partial charge in [-0.3, -0.25) is 4.40 Å². The second-order valence-electron chi connectivity index (χ2n) is 17.5. The van der Waals surface area contributed by atoms with E-state index in [4.69, 9.17) is 19.9 Å². The van der Waals surface area contributed by atoms with Gasteiger partial charge in [0.1, 0.15) is 0 Å². The molecule has 0 amide bonds. The van der Waals surface area contributed by atoms with Crippen molar-refractivity contribution < 1.29 is 0 Å². The largest absolute Gasteiger partial charge is 0.276 e. The Bertz CT molecular complexity index is 3830. The molecule has 13 aromatic rings. The van der Waals surface area contributed by atoms with E-state index >= 15 is 0 Å². The Labute approximate surface area is 421 Å². The molecule has 10 aromatic carbocycles. The van der Waals surface area contributed by atoms with Crippen molar-refractivity contribution in [1.82, 2.24) is 28.9 Å². The zero-order valence-electron chi connectivity index (χ0n) is 39.1. The highest BCUT2D eigenvalue weighted by molar-refractivity contribution is 8.34. The van der Waals surface area contributed by atoms with Crippen LogP contribution < -0.4 is 0 Å². The fourth-order valence-electron chi connectivity index (χ4n) is 10.3. The average molecular weight is 963 g/mol. The zero-order chi connectivity index (χ0) is 47.9. The lowest BCUT2D eigenvalue weighted by Gasteiger charge is -2.42. The van der Waals surface area contributed by atoms with E-state index in [-0.39, 0.29) is 0 Å². The summed E-state index contributed by atoms with van der Waals surface area (Å²) in [7, 11) is -3.95. The van der Waals surface area contributed by atoms with E-state index in [1.807, 2.05) is 18.2 Å². The molecule has 0 aliphatic rings. The van der Waals surface area contributed by atoms with Crippen LogP contribution in [0.15, 0.2) is 318 Å². The molecule has 0 aliphatic carbocycles. The van der Waals surface area contributed by atoms with Crippen LogP contribution in [-0.2, 0) is 0 Å².